The first-order chi connectivity index (χ1) is 19.4. The third-order valence-electron chi connectivity index (χ3n) is 6.77. The molecular weight excluding hydrogens is 510 g/mol. The molecule has 1 unspecified atom stereocenters. The van der Waals surface area contributed by atoms with Gasteiger partial charge in [-0.25, -0.2) is 0 Å². The van der Waals surface area contributed by atoms with E-state index in [-0.39, 0.29) is 6.10 Å². The van der Waals surface area contributed by atoms with Crippen molar-refractivity contribution in [1.82, 2.24) is 0 Å². The minimum absolute atomic E-state index is 0.0360. The lowest BCUT2D eigenvalue weighted by atomic mass is 10.1. The molecular formula is C36H30OP2. The summed E-state index contributed by atoms with van der Waals surface area (Å²) in [6.45, 7) is 0. The smallest absolute Gasteiger partial charge is 0.128 e. The second-order valence-corrected chi connectivity index (χ2v) is 13.7. The fraction of sp³-hybridized carbons (Fsp3) is 0.0556. The molecule has 1 aliphatic rings. The van der Waals surface area contributed by atoms with Crippen molar-refractivity contribution in [2.45, 2.75) is 12.5 Å². The fourth-order valence-electron chi connectivity index (χ4n) is 5.00. The van der Waals surface area contributed by atoms with Crippen molar-refractivity contribution in [3.8, 4) is 5.75 Å². The molecule has 39 heavy (non-hydrogen) atoms. The van der Waals surface area contributed by atoms with E-state index in [0.29, 0.717) is 0 Å². The highest BCUT2D eigenvalue weighted by Crippen LogP contribution is 2.47. The Morgan fingerprint density at radius 3 is 1.44 bits per heavy atom. The van der Waals surface area contributed by atoms with Gasteiger partial charge in [-0.2, -0.15) is 0 Å². The Kier molecular flexibility index (Phi) is 8.11. The van der Waals surface area contributed by atoms with Gasteiger partial charge in [0.15, 0.2) is 0 Å². The molecule has 5 aromatic rings. The van der Waals surface area contributed by atoms with E-state index >= 15 is 0 Å². The molecule has 0 radical (unpaired) electrons. The number of hydrogen-bond donors (Lipinski definition) is 0. The Balaban J connectivity index is 1.41. The number of para-hydroxylation sites is 1. The predicted octanol–water partition coefficient (Wildman–Crippen LogP) is 7.17. The van der Waals surface area contributed by atoms with Crippen molar-refractivity contribution >= 4 is 42.4 Å². The molecule has 5 aromatic carbocycles. The van der Waals surface area contributed by atoms with Crippen LogP contribution in [-0.4, -0.2) is 6.10 Å². The second-order valence-electron chi connectivity index (χ2n) is 9.34. The molecule has 0 bridgehead atoms. The van der Waals surface area contributed by atoms with Gasteiger partial charge in [0.25, 0.3) is 0 Å². The van der Waals surface area contributed by atoms with E-state index in [1.165, 1.54) is 31.8 Å². The largest absolute Gasteiger partial charge is 0.485 e. The molecule has 0 saturated heterocycles. The molecule has 0 amide bonds. The third-order valence-corrected chi connectivity index (χ3v) is 11.8. The number of hydrogen-bond acceptors (Lipinski definition) is 1. The van der Waals surface area contributed by atoms with Crippen molar-refractivity contribution in [2.75, 3.05) is 0 Å². The maximum atomic E-state index is 7.06. The van der Waals surface area contributed by atoms with Crippen LogP contribution in [0.25, 0.3) is 0 Å². The zero-order chi connectivity index (χ0) is 26.3. The molecule has 0 aliphatic heterocycles. The van der Waals surface area contributed by atoms with Gasteiger partial charge in [0.2, 0.25) is 0 Å². The number of benzene rings is 5. The average molecular weight is 541 g/mol. The van der Waals surface area contributed by atoms with E-state index in [0.717, 1.165) is 12.2 Å². The van der Waals surface area contributed by atoms with Crippen molar-refractivity contribution in [3.05, 3.63) is 169 Å². The van der Waals surface area contributed by atoms with Crippen molar-refractivity contribution in [1.29, 1.82) is 0 Å². The summed E-state index contributed by atoms with van der Waals surface area (Å²) >= 11 is 0. The topological polar surface area (TPSA) is 9.23 Å². The van der Waals surface area contributed by atoms with Gasteiger partial charge in [0, 0.05) is 17.0 Å². The maximum Gasteiger partial charge on any atom is 0.128 e. The van der Waals surface area contributed by atoms with Gasteiger partial charge in [-0.05, 0) is 43.1 Å². The summed E-state index contributed by atoms with van der Waals surface area (Å²) in [7, 11) is -1.50. The Morgan fingerprint density at radius 1 is 0.487 bits per heavy atom. The van der Waals surface area contributed by atoms with Gasteiger partial charge in [-0.15, -0.1) is 0 Å². The first-order valence-corrected chi connectivity index (χ1v) is 16.0. The summed E-state index contributed by atoms with van der Waals surface area (Å²) in [5, 5.41) is 7.94. The van der Waals surface area contributed by atoms with Gasteiger partial charge in [-0.1, -0.05) is 158 Å². The summed E-state index contributed by atoms with van der Waals surface area (Å²) < 4.78 is 7.06. The minimum atomic E-state index is -0.768. The summed E-state index contributed by atoms with van der Waals surface area (Å²) in [6.07, 6.45) is 7.54. The Bertz CT molecular complexity index is 1470. The molecule has 0 heterocycles. The minimum Gasteiger partial charge on any atom is -0.485 e. The van der Waals surface area contributed by atoms with E-state index in [1.54, 1.807) is 0 Å². The molecule has 0 spiro atoms. The fourth-order valence-corrected chi connectivity index (χ4v) is 9.90. The second kappa shape index (κ2) is 12.4. The normalized spacial score (nSPS) is 14.8. The highest BCUT2D eigenvalue weighted by atomic mass is 31.1. The lowest BCUT2D eigenvalue weighted by Gasteiger charge is -2.31. The molecule has 1 nitrogen and oxygen atoms in total. The van der Waals surface area contributed by atoms with Crippen LogP contribution in [0.15, 0.2) is 169 Å². The van der Waals surface area contributed by atoms with Crippen LogP contribution in [0.5, 0.6) is 5.75 Å². The molecule has 0 N–H and O–H groups in total. The van der Waals surface area contributed by atoms with Gasteiger partial charge in [-0.3, -0.25) is 0 Å². The highest BCUT2D eigenvalue weighted by Gasteiger charge is 2.29. The van der Waals surface area contributed by atoms with Crippen molar-refractivity contribution < 1.29 is 4.74 Å². The molecule has 190 valence electrons. The van der Waals surface area contributed by atoms with Crippen LogP contribution < -0.4 is 31.3 Å². The van der Waals surface area contributed by atoms with Gasteiger partial charge in [0.1, 0.15) is 11.9 Å². The van der Waals surface area contributed by atoms with Gasteiger partial charge < -0.3 is 4.74 Å². The monoisotopic (exact) mass is 540 g/mol. The highest BCUT2D eigenvalue weighted by molar-refractivity contribution is 7.80. The van der Waals surface area contributed by atoms with Crippen LogP contribution in [0.4, 0.5) is 0 Å². The average Bonchev–Trinajstić information content (AvgIpc) is 3.01. The van der Waals surface area contributed by atoms with Crippen molar-refractivity contribution in [3.63, 3.8) is 0 Å². The molecule has 6 rings (SSSR count). The van der Waals surface area contributed by atoms with Crippen LogP contribution in [0.1, 0.15) is 6.42 Å². The molecule has 0 fully saturated rings. The van der Waals surface area contributed by atoms with Crippen LogP contribution in [-0.2, 0) is 0 Å². The van der Waals surface area contributed by atoms with Crippen LogP contribution in [0.2, 0.25) is 0 Å². The quantitative estimate of drug-likeness (QED) is 0.190. The third kappa shape index (κ3) is 5.81. The van der Waals surface area contributed by atoms with Crippen LogP contribution in [0, 0.1) is 0 Å². The van der Waals surface area contributed by atoms with E-state index in [1.807, 2.05) is 0 Å². The van der Waals surface area contributed by atoms with Gasteiger partial charge in [0.05, 0.1) is 0 Å². The molecule has 0 saturated carbocycles. The predicted molar refractivity (Wildman–Crippen MR) is 170 cm³/mol. The zero-order valence-corrected chi connectivity index (χ0v) is 23.5. The standard InChI is InChI=1S/C36H30OP2/c1-5-17-29(18-6-1)38(30-19-7-2-8-20-30)35-27-15-13-25-33(35)37-34-26-14-16-28-36(34)39(31-21-9-3-10-22-31)32-23-11-4-12-24-32/h1-25,27-28,34H,26H2. The molecule has 3 heteroatoms. The lowest BCUT2D eigenvalue weighted by Crippen LogP contribution is -2.28. The lowest BCUT2D eigenvalue weighted by molar-refractivity contribution is 0.249. The van der Waals surface area contributed by atoms with Crippen LogP contribution >= 0.6 is 15.8 Å². The van der Waals surface area contributed by atoms with E-state index < -0.39 is 15.8 Å². The van der Waals surface area contributed by atoms with Crippen molar-refractivity contribution in [2.24, 2.45) is 0 Å². The maximum absolute atomic E-state index is 7.06. The first-order valence-electron chi connectivity index (χ1n) is 13.3. The Labute approximate surface area is 234 Å². The summed E-state index contributed by atoms with van der Waals surface area (Å²) in [4.78, 5) is 0. The van der Waals surface area contributed by atoms with E-state index in [2.05, 4.69) is 164 Å². The number of rotatable bonds is 8. The SMILES string of the molecule is C1=CCC(Oc2ccccc2P(c2ccccc2)c2ccccc2)C(P(c2ccccc2)c2ccccc2)=C1. The Morgan fingerprint density at radius 2 is 0.923 bits per heavy atom. The Hall–Kier alpha value is -3.76. The first kappa shape index (κ1) is 25.5. The van der Waals surface area contributed by atoms with Gasteiger partial charge >= 0.3 is 0 Å². The van der Waals surface area contributed by atoms with Crippen LogP contribution in [0.3, 0.4) is 0 Å². The number of allylic oxidation sites excluding steroid dienone is 2. The molecule has 0 aromatic heterocycles. The summed E-state index contributed by atoms with van der Waals surface area (Å²) in [6, 6.07) is 52.1. The number of ether oxygens (including phenoxy) is 1. The summed E-state index contributed by atoms with van der Waals surface area (Å²) in [5.74, 6) is 0.971. The molecule has 1 atom stereocenters. The molecule has 1 aliphatic carbocycles. The summed E-state index contributed by atoms with van der Waals surface area (Å²) in [5.41, 5.74) is 0. The van der Waals surface area contributed by atoms with E-state index in [4.69, 9.17) is 4.74 Å². The van der Waals surface area contributed by atoms with E-state index in [9.17, 15) is 0 Å². The zero-order valence-electron chi connectivity index (χ0n) is 21.7.